The first-order valence-corrected chi connectivity index (χ1v) is 8.82. The normalized spacial score (nSPS) is 10.8. The molecule has 1 amide bonds. The van der Waals surface area contributed by atoms with Gasteiger partial charge in [-0.15, -0.1) is 0 Å². The van der Waals surface area contributed by atoms with Crippen LogP contribution in [0.2, 0.25) is 0 Å². The van der Waals surface area contributed by atoms with Gasteiger partial charge in [0.25, 0.3) is 11.5 Å². The molecule has 28 heavy (non-hydrogen) atoms. The van der Waals surface area contributed by atoms with Gasteiger partial charge in [0.05, 0.1) is 12.8 Å². The molecule has 0 unspecified atom stereocenters. The van der Waals surface area contributed by atoms with E-state index < -0.39 is 0 Å². The van der Waals surface area contributed by atoms with Crippen LogP contribution in [0.5, 0.6) is 5.75 Å². The molecule has 0 aliphatic carbocycles. The Balaban J connectivity index is 1.73. The molecular formula is C22H19N3O3. The molecule has 140 valence electrons. The summed E-state index contributed by atoms with van der Waals surface area (Å²) in [6.07, 6.45) is 0. The average Bonchev–Trinajstić information content (AvgIpc) is 3.13. The van der Waals surface area contributed by atoms with E-state index in [4.69, 9.17) is 4.74 Å². The highest BCUT2D eigenvalue weighted by Crippen LogP contribution is 2.20. The Labute approximate surface area is 161 Å². The monoisotopic (exact) mass is 373 g/mol. The van der Waals surface area contributed by atoms with E-state index in [0.29, 0.717) is 22.8 Å². The Bertz CT molecular complexity index is 1220. The van der Waals surface area contributed by atoms with Gasteiger partial charge in [-0.1, -0.05) is 23.8 Å². The fourth-order valence-electron chi connectivity index (χ4n) is 3.09. The molecule has 0 saturated carbocycles. The summed E-state index contributed by atoms with van der Waals surface area (Å²) >= 11 is 0. The summed E-state index contributed by atoms with van der Waals surface area (Å²) in [7, 11) is 1.57. The number of nitrogens with one attached hydrogen (secondary N) is 2. The lowest BCUT2D eigenvalue weighted by Crippen LogP contribution is -2.17. The molecule has 0 aliphatic heterocycles. The topological polar surface area (TPSA) is 76.1 Å². The fraction of sp³-hybridized carbons (Fsp3) is 0.0909. The zero-order chi connectivity index (χ0) is 19.7. The summed E-state index contributed by atoms with van der Waals surface area (Å²) in [5.74, 6) is 0.356. The van der Waals surface area contributed by atoms with E-state index in [0.717, 1.165) is 16.6 Å². The average molecular weight is 373 g/mol. The SMILES string of the molecule is COc1cccc(NC(=O)c2cc3ccc(=O)n(-c4ccc(C)cc4)c3[nH]2)c1. The summed E-state index contributed by atoms with van der Waals surface area (Å²) < 4.78 is 6.75. The number of carbonyl (C=O) groups is 1. The van der Waals surface area contributed by atoms with Crippen molar-refractivity contribution in [2.24, 2.45) is 0 Å². The van der Waals surface area contributed by atoms with Gasteiger partial charge in [-0.25, -0.2) is 0 Å². The molecule has 2 aromatic heterocycles. The first-order chi connectivity index (χ1) is 13.5. The standard InChI is InChI=1S/C22H19N3O3/c1-14-6-9-17(10-7-14)25-20(26)11-8-15-12-19(24-21(15)25)22(27)23-16-4-3-5-18(13-16)28-2/h3-13,24H,1-2H3,(H,23,27). The summed E-state index contributed by atoms with van der Waals surface area (Å²) in [5, 5.41) is 3.61. The Morgan fingerprint density at radius 2 is 1.82 bits per heavy atom. The van der Waals surface area contributed by atoms with E-state index in [1.807, 2.05) is 31.2 Å². The number of benzene rings is 2. The highest BCUT2D eigenvalue weighted by Gasteiger charge is 2.14. The number of hydrogen-bond donors (Lipinski definition) is 2. The summed E-state index contributed by atoms with van der Waals surface area (Å²) in [4.78, 5) is 28.3. The fourth-order valence-corrected chi connectivity index (χ4v) is 3.09. The summed E-state index contributed by atoms with van der Waals surface area (Å²) in [6.45, 7) is 1.99. The lowest BCUT2D eigenvalue weighted by Gasteiger charge is -2.08. The first kappa shape index (κ1) is 17.6. The number of nitrogens with zero attached hydrogens (tertiary/aromatic N) is 1. The molecule has 4 rings (SSSR count). The first-order valence-electron chi connectivity index (χ1n) is 8.82. The van der Waals surface area contributed by atoms with Crippen LogP contribution in [0, 0.1) is 6.92 Å². The van der Waals surface area contributed by atoms with Crippen LogP contribution in [0.15, 0.2) is 71.5 Å². The maximum absolute atomic E-state index is 12.7. The molecule has 0 radical (unpaired) electrons. The van der Waals surface area contributed by atoms with E-state index in [1.54, 1.807) is 48.1 Å². The Morgan fingerprint density at radius 3 is 2.57 bits per heavy atom. The zero-order valence-corrected chi connectivity index (χ0v) is 15.5. The third-order valence-electron chi connectivity index (χ3n) is 4.54. The third kappa shape index (κ3) is 3.27. The van der Waals surface area contributed by atoms with Gasteiger partial charge in [-0.3, -0.25) is 14.2 Å². The quantitative estimate of drug-likeness (QED) is 0.570. The van der Waals surface area contributed by atoms with Gasteiger partial charge in [-0.05, 0) is 43.3 Å². The number of aryl methyl sites for hydroxylation is 1. The molecule has 2 N–H and O–H groups in total. The van der Waals surface area contributed by atoms with Crippen molar-refractivity contribution in [3.8, 4) is 11.4 Å². The van der Waals surface area contributed by atoms with Crippen molar-refractivity contribution in [3.63, 3.8) is 0 Å². The summed E-state index contributed by atoms with van der Waals surface area (Å²) in [5.41, 5.74) is 3.24. The van der Waals surface area contributed by atoms with Gasteiger partial charge >= 0.3 is 0 Å². The minimum absolute atomic E-state index is 0.169. The van der Waals surface area contributed by atoms with Crippen LogP contribution in [-0.4, -0.2) is 22.6 Å². The molecule has 6 heteroatoms. The van der Waals surface area contributed by atoms with Crippen molar-refractivity contribution < 1.29 is 9.53 Å². The van der Waals surface area contributed by atoms with Crippen LogP contribution in [0.25, 0.3) is 16.7 Å². The smallest absolute Gasteiger partial charge is 0.272 e. The van der Waals surface area contributed by atoms with Crippen molar-refractivity contribution in [2.45, 2.75) is 6.92 Å². The predicted octanol–water partition coefficient (Wildman–Crippen LogP) is 3.89. The minimum Gasteiger partial charge on any atom is -0.497 e. The van der Waals surface area contributed by atoms with E-state index in [2.05, 4.69) is 10.3 Å². The van der Waals surface area contributed by atoms with Crippen LogP contribution in [0.1, 0.15) is 16.1 Å². The molecule has 0 aliphatic rings. The highest BCUT2D eigenvalue weighted by molar-refractivity contribution is 6.05. The number of hydrogen-bond acceptors (Lipinski definition) is 3. The molecule has 0 bridgehead atoms. The molecule has 4 aromatic rings. The number of rotatable bonds is 4. The largest absolute Gasteiger partial charge is 0.497 e. The molecule has 2 aromatic carbocycles. The van der Waals surface area contributed by atoms with Gasteiger partial charge in [0.15, 0.2) is 0 Å². The van der Waals surface area contributed by atoms with Crippen molar-refractivity contribution >= 4 is 22.6 Å². The number of aromatic nitrogens is 2. The van der Waals surface area contributed by atoms with Gasteiger partial charge in [0.1, 0.15) is 17.1 Å². The van der Waals surface area contributed by atoms with Crippen LogP contribution in [-0.2, 0) is 0 Å². The number of fused-ring (bicyclic) bond motifs is 1. The Kier molecular flexibility index (Phi) is 4.45. The van der Waals surface area contributed by atoms with Crippen LogP contribution in [0.4, 0.5) is 5.69 Å². The molecular weight excluding hydrogens is 354 g/mol. The number of carbonyl (C=O) groups excluding carboxylic acids is 1. The number of aromatic amines is 1. The molecule has 2 heterocycles. The lowest BCUT2D eigenvalue weighted by molar-refractivity contribution is 0.102. The molecule has 0 atom stereocenters. The molecule has 0 spiro atoms. The number of amides is 1. The number of H-pyrrole nitrogens is 1. The second-order valence-electron chi connectivity index (χ2n) is 6.52. The van der Waals surface area contributed by atoms with E-state index in [9.17, 15) is 9.59 Å². The van der Waals surface area contributed by atoms with Gasteiger partial charge in [0.2, 0.25) is 0 Å². The van der Waals surface area contributed by atoms with Gasteiger partial charge < -0.3 is 15.0 Å². The van der Waals surface area contributed by atoms with Crippen molar-refractivity contribution in [2.75, 3.05) is 12.4 Å². The van der Waals surface area contributed by atoms with Crippen LogP contribution < -0.4 is 15.6 Å². The van der Waals surface area contributed by atoms with Crippen molar-refractivity contribution in [1.82, 2.24) is 9.55 Å². The van der Waals surface area contributed by atoms with Gasteiger partial charge in [-0.2, -0.15) is 0 Å². The summed E-state index contributed by atoms with van der Waals surface area (Å²) in [6, 6.07) is 19.7. The minimum atomic E-state index is -0.299. The Hall–Kier alpha value is -3.80. The van der Waals surface area contributed by atoms with Crippen LogP contribution in [0.3, 0.4) is 0 Å². The van der Waals surface area contributed by atoms with E-state index in [1.165, 1.54) is 6.07 Å². The lowest BCUT2D eigenvalue weighted by atomic mass is 10.2. The van der Waals surface area contributed by atoms with Crippen LogP contribution >= 0.6 is 0 Å². The number of ether oxygens (including phenoxy) is 1. The van der Waals surface area contributed by atoms with E-state index >= 15 is 0 Å². The number of anilines is 1. The second-order valence-corrected chi connectivity index (χ2v) is 6.52. The second kappa shape index (κ2) is 7.08. The maximum Gasteiger partial charge on any atom is 0.272 e. The van der Waals surface area contributed by atoms with Crippen molar-refractivity contribution in [3.05, 3.63) is 88.3 Å². The molecule has 6 nitrogen and oxygen atoms in total. The van der Waals surface area contributed by atoms with Crippen molar-refractivity contribution in [1.29, 1.82) is 0 Å². The third-order valence-corrected chi connectivity index (χ3v) is 4.54. The Morgan fingerprint density at radius 1 is 1.04 bits per heavy atom. The predicted molar refractivity (Wildman–Crippen MR) is 110 cm³/mol. The van der Waals surface area contributed by atoms with E-state index in [-0.39, 0.29) is 11.5 Å². The molecule has 0 saturated heterocycles. The highest BCUT2D eigenvalue weighted by atomic mass is 16.5. The number of pyridine rings is 1. The zero-order valence-electron chi connectivity index (χ0n) is 15.5. The van der Waals surface area contributed by atoms with Gasteiger partial charge in [0, 0.05) is 23.2 Å². The molecule has 0 fully saturated rings. The number of methoxy groups -OCH3 is 1. The maximum atomic E-state index is 12.7.